The van der Waals surface area contributed by atoms with Crippen molar-refractivity contribution in [2.75, 3.05) is 43.4 Å². The zero-order valence-electron chi connectivity index (χ0n) is 18.4. The van der Waals surface area contributed by atoms with E-state index in [9.17, 15) is 4.79 Å². The highest BCUT2D eigenvalue weighted by atomic mass is 16.1. The Morgan fingerprint density at radius 3 is 2.00 bits per heavy atom. The average molecular weight is 414 g/mol. The molecule has 1 aliphatic rings. The molecule has 1 fully saturated rings. The first-order valence-corrected chi connectivity index (χ1v) is 11.0. The van der Waals surface area contributed by atoms with Crippen molar-refractivity contribution in [2.45, 2.75) is 19.3 Å². The molecule has 0 atom stereocenters. The summed E-state index contributed by atoms with van der Waals surface area (Å²) in [7, 11) is 2.17. The number of aryl methyl sites for hydroxylation is 1. The molecule has 0 radical (unpaired) electrons. The standard InChI is InChI=1S/C27H31N3O/c1-21-19-24(30-17-15-29(2)16-18-30)13-14-26(21)28-27(31)20-25(22-9-5-3-6-10-22)23-11-7-4-8-12-23/h3-14,19,25H,15-18,20H2,1-2H3,(H,28,31). The first-order valence-electron chi connectivity index (χ1n) is 11.0. The topological polar surface area (TPSA) is 35.6 Å². The number of nitrogens with one attached hydrogen (secondary N) is 1. The number of amides is 1. The van der Waals surface area contributed by atoms with Gasteiger partial charge in [0.15, 0.2) is 0 Å². The average Bonchev–Trinajstić information content (AvgIpc) is 2.80. The van der Waals surface area contributed by atoms with Gasteiger partial charge in [-0.1, -0.05) is 60.7 Å². The Kier molecular flexibility index (Phi) is 6.68. The highest BCUT2D eigenvalue weighted by Gasteiger charge is 2.19. The Balaban J connectivity index is 1.47. The van der Waals surface area contributed by atoms with E-state index in [1.165, 1.54) is 5.69 Å². The second-order valence-corrected chi connectivity index (χ2v) is 8.42. The molecule has 3 aromatic rings. The van der Waals surface area contributed by atoms with Gasteiger partial charge in [-0.15, -0.1) is 0 Å². The lowest BCUT2D eigenvalue weighted by Gasteiger charge is -2.34. The summed E-state index contributed by atoms with van der Waals surface area (Å²) in [4.78, 5) is 17.8. The molecule has 0 saturated carbocycles. The highest BCUT2D eigenvalue weighted by molar-refractivity contribution is 5.92. The summed E-state index contributed by atoms with van der Waals surface area (Å²) in [5.74, 6) is 0.0699. The van der Waals surface area contributed by atoms with Gasteiger partial charge in [0.2, 0.25) is 5.91 Å². The van der Waals surface area contributed by atoms with Crippen LogP contribution in [0.25, 0.3) is 0 Å². The highest BCUT2D eigenvalue weighted by Crippen LogP contribution is 2.29. The molecule has 4 nitrogen and oxygen atoms in total. The number of rotatable bonds is 6. The molecule has 0 spiro atoms. The third-order valence-corrected chi connectivity index (χ3v) is 6.15. The summed E-state index contributed by atoms with van der Waals surface area (Å²) >= 11 is 0. The van der Waals surface area contributed by atoms with Crippen molar-refractivity contribution in [1.29, 1.82) is 0 Å². The van der Waals surface area contributed by atoms with Gasteiger partial charge in [-0.2, -0.15) is 0 Å². The fraction of sp³-hybridized carbons (Fsp3) is 0.296. The Morgan fingerprint density at radius 1 is 0.871 bits per heavy atom. The van der Waals surface area contributed by atoms with Crippen LogP contribution in [0.5, 0.6) is 0 Å². The minimum atomic E-state index is 0.0346. The van der Waals surface area contributed by atoms with E-state index in [4.69, 9.17) is 0 Å². The minimum Gasteiger partial charge on any atom is -0.369 e. The van der Waals surface area contributed by atoms with E-state index < -0.39 is 0 Å². The Hall–Kier alpha value is -3.11. The van der Waals surface area contributed by atoms with Crippen LogP contribution < -0.4 is 10.2 Å². The molecule has 1 saturated heterocycles. The van der Waals surface area contributed by atoms with Crippen LogP contribution in [0.4, 0.5) is 11.4 Å². The monoisotopic (exact) mass is 413 g/mol. The molecule has 1 amide bonds. The molecule has 0 aliphatic carbocycles. The van der Waals surface area contributed by atoms with Crippen LogP contribution in [0.3, 0.4) is 0 Å². The van der Waals surface area contributed by atoms with Gasteiger partial charge in [0.05, 0.1) is 0 Å². The molecule has 1 N–H and O–H groups in total. The number of anilines is 2. The number of benzene rings is 3. The van der Waals surface area contributed by atoms with Crippen LogP contribution >= 0.6 is 0 Å². The molecular formula is C27H31N3O. The fourth-order valence-electron chi connectivity index (χ4n) is 4.23. The van der Waals surface area contributed by atoms with Gasteiger partial charge in [0, 0.05) is 49.9 Å². The Morgan fingerprint density at radius 2 is 1.45 bits per heavy atom. The van der Waals surface area contributed by atoms with Crippen molar-refractivity contribution < 1.29 is 4.79 Å². The van der Waals surface area contributed by atoms with Crippen LogP contribution in [0.15, 0.2) is 78.9 Å². The van der Waals surface area contributed by atoms with Crippen molar-refractivity contribution in [1.82, 2.24) is 4.90 Å². The van der Waals surface area contributed by atoms with Crippen LogP contribution in [0.1, 0.15) is 29.0 Å². The van der Waals surface area contributed by atoms with Crippen LogP contribution in [-0.4, -0.2) is 44.0 Å². The van der Waals surface area contributed by atoms with E-state index in [0.29, 0.717) is 6.42 Å². The van der Waals surface area contributed by atoms with Crippen molar-refractivity contribution >= 4 is 17.3 Å². The molecule has 0 aromatic heterocycles. The lowest BCUT2D eigenvalue weighted by Crippen LogP contribution is -2.44. The molecule has 0 bridgehead atoms. The zero-order chi connectivity index (χ0) is 21.6. The molecule has 31 heavy (non-hydrogen) atoms. The largest absolute Gasteiger partial charge is 0.369 e. The quantitative estimate of drug-likeness (QED) is 0.624. The van der Waals surface area contributed by atoms with Gasteiger partial charge in [0.1, 0.15) is 0 Å². The summed E-state index contributed by atoms with van der Waals surface area (Å²) in [5.41, 5.74) is 5.54. The predicted octanol–water partition coefficient (Wildman–Crippen LogP) is 4.91. The van der Waals surface area contributed by atoms with Gasteiger partial charge in [0.25, 0.3) is 0 Å². The molecular weight excluding hydrogens is 382 g/mol. The lowest BCUT2D eigenvalue weighted by molar-refractivity contribution is -0.116. The molecule has 3 aromatic carbocycles. The third kappa shape index (κ3) is 5.33. The number of carbonyl (C=O) groups is 1. The van der Waals surface area contributed by atoms with Gasteiger partial charge in [-0.05, 0) is 48.9 Å². The minimum absolute atomic E-state index is 0.0346. The zero-order valence-corrected chi connectivity index (χ0v) is 18.4. The van der Waals surface area contributed by atoms with Gasteiger partial charge >= 0.3 is 0 Å². The molecule has 160 valence electrons. The molecule has 4 rings (SSSR count). The molecule has 1 aliphatic heterocycles. The second-order valence-electron chi connectivity index (χ2n) is 8.42. The van der Waals surface area contributed by atoms with E-state index in [2.05, 4.69) is 65.5 Å². The van der Waals surface area contributed by atoms with Crippen molar-refractivity contribution in [3.63, 3.8) is 0 Å². The van der Waals surface area contributed by atoms with Crippen LogP contribution in [0, 0.1) is 6.92 Å². The molecule has 0 unspecified atom stereocenters. The van der Waals surface area contributed by atoms with Crippen LogP contribution in [-0.2, 0) is 4.79 Å². The van der Waals surface area contributed by atoms with E-state index in [0.717, 1.165) is 48.6 Å². The smallest absolute Gasteiger partial charge is 0.225 e. The van der Waals surface area contributed by atoms with E-state index in [1.807, 2.05) is 42.5 Å². The SMILES string of the molecule is Cc1cc(N2CCN(C)CC2)ccc1NC(=O)CC(c1ccccc1)c1ccccc1. The van der Waals surface area contributed by atoms with E-state index >= 15 is 0 Å². The third-order valence-electron chi connectivity index (χ3n) is 6.15. The van der Waals surface area contributed by atoms with E-state index in [-0.39, 0.29) is 11.8 Å². The van der Waals surface area contributed by atoms with Gasteiger partial charge < -0.3 is 15.1 Å². The maximum atomic E-state index is 13.0. The summed E-state index contributed by atoms with van der Waals surface area (Å²) < 4.78 is 0. The molecule has 1 heterocycles. The van der Waals surface area contributed by atoms with Crippen molar-refractivity contribution in [2.24, 2.45) is 0 Å². The normalized spacial score (nSPS) is 14.6. The number of likely N-dealkylation sites (N-methyl/N-ethyl adjacent to an activating group) is 1. The fourth-order valence-corrected chi connectivity index (χ4v) is 4.23. The number of carbonyl (C=O) groups excluding carboxylic acids is 1. The predicted molar refractivity (Wildman–Crippen MR) is 129 cm³/mol. The Labute approximate surface area is 185 Å². The number of nitrogens with zero attached hydrogens (tertiary/aromatic N) is 2. The second kappa shape index (κ2) is 9.80. The first kappa shape index (κ1) is 21.1. The summed E-state index contributed by atoms with van der Waals surface area (Å²) in [6.45, 7) is 6.31. The summed E-state index contributed by atoms with van der Waals surface area (Å²) in [6.07, 6.45) is 0.410. The van der Waals surface area contributed by atoms with Crippen molar-refractivity contribution in [3.8, 4) is 0 Å². The molecule has 4 heteroatoms. The number of piperazine rings is 1. The van der Waals surface area contributed by atoms with Gasteiger partial charge in [-0.3, -0.25) is 4.79 Å². The van der Waals surface area contributed by atoms with Crippen LogP contribution in [0.2, 0.25) is 0 Å². The summed E-state index contributed by atoms with van der Waals surface area (Å²) in [5, 5.41) is 3.15. The van der Waals surface area contributed by atoms with Gasteiger partial charge in [-0.25, -0.2) is 0 Å². The number of hydrogen-bond acceptors (Lipinski definition) is 3. The number of hydrogen-bond donors (Lipinski definition) is 1. The lowest BCUT2D eigenvalue weighted by atomic mass is 9.88. The van der Waals surface area contributed by atoms with E-state index in [1.54, 1.807) is 0 Å². The maximum absolute atomic E-state index is 13.0. The summed E-state index contributed by atoms with van der Waals surface area (Å²) in [6, 6.07) is 26.9. The maximum Gasteiger partial charge on any atom is 0.225 e. The van der Waals surface area contributed by atoms with Crippen molar-refractivity contribution in [3.05, 3.63) is 95.6 Å². The first-order chi connectivity index (χ1) is 15.1. The Bertz CT molecular complexity index is 956.